The number of ether oxygens (including phenoxy) is 5. The molecule has 1 aromatic carbocycles. The molecule has 11 nitrogen and oxygen atoms in total. The Morgan fingerprint density at radius 3 is 2.49 bits per heavy atom. The predicted molar refractivity (Wildman–Crippen MR) is 111 cm³/mol. The van der Waals surface area contributed by atoms with Crippen LogP contribution in [0.15, 0.2) is 11.6 Å². The summed E-state index contributed by atoms with van der Waals surface area (Å²) in [7, 11) is 0. The normalized spacial score (nSPS) is 15.7. The van der Waals surface area contributed by atoms with Gasteiger partial charge in [-0.25, -0.2) is 9.59 Å². The van der Waals surface area contributed by atoms with Gasteiger partial charge in [-0.15, -0.1) is 10.1 Å². The van der Waals surface area contributed by atoms with Gasteiger partial charge in [-0.05, 0) is 37.1 Å². The molecule has 0 bridgehead atoms. The molecule has 0 amide bonds. The number of hydrogen-bond acceptors (Lipinski definition) is 10. The minimum Gasteiger partial charge on any atom is -0.475 e. The molecule has 0 spiro atoms. The van der Waals surface area contributed by atoms with E-state index in [2.05, 4.69) is 14.3 Å². The fraction of sp³-hybridized carbons (Fsp3) is 0.500. The second-order valence-electron chi connectivity index (χ2n) is 7.04. The monoisotopic (exact) mass is 527 g/mol. The molecule has 1 aliphatic rings. The van der Waals surface area contributed by atoms with Crippen LogP contribution >= 0.6 is 11.6 Å². The SMILES string of the molecule is Cc1cc2c(c(C)c1Cl)C=C(C(=O)OC(C)OC(=O)OCCOCCO[N+](=O)[O-])C(C(F)(F)F)O2. The number of halogens is 4. The number of rotatable bonds is 10. The van der Waals surface area contributed by atoms with E-state index in [-0.39, 0.29) is 37.7 Å². The van der Waals surface area contributed by atoms with Crippen LogP contribution in [-0.4, -0.2) is 62.2 Å². The van der Waals surface area contributed by atoms with E-state index >= 15 is 0 Å². The molecule has 2 unspecified atom stereocenters. The van der Waals surface area contributed by atoms with Gasteiger partial charge in [0.1, 0.15) is 19.0 Å². The number of benzene rings is 1. The maximum absolute atomic E-state index is 13.6. The third-order valence-corrected chi connectivity index (χ3v) is 5.04. The van der Waals surface area contributed by atoms with Crippen LogP contribution in [0.1, 0.15) is 23.6 Å². The number of fused-ring (bicyclic) bond motifs is 1. The third kappa shape index (κ3) is 7.89. The van der Waals surface area contributed by atoms with E-state index in [9.17, 15) is 32.9 Å². The molecule has 0 N–H and O–H groups in total. The van der Waals surface area contributed by atoms with Crippen LogP contribution in [0.3, 0.4) is 0 Å². The molecule has 0 saturated heterocycles. The van der Waals surface area contributed by atoms with Crippen molar-refractivity contribution in [1.29, 1.82) is 0 Å². The van der Waals surface area contributed by atoms with Gasteiger partial charge in [-0.2, -0.15) is 13.2 Å². The van der Waals surface area contributed by atoms with Crippen molar-refractivity contribution in [3.8, 4) is 5.75 Å². The van der Waals surface area contributed by atoms with E-state index in [1.807, 2.05) is 0 Å². The van der Waals surface area contributed by atoms with Gasteiger partial charge in [0, 0.05) is 17.5 Å². The van der Waals surface area contributed by atoms with E-state index in [4.69, 9.17) is 25.8 Å². The van der Waals surface area contributed by atoms with Gasteiger partial charge in [0.15, 0.2) is 0 Å². The highest BCUT2D eigenvalue weighted by Crippen LogP contribution is 2.41. The van der Waals surface area contributed by atoms with Crippen molar-refractivity contribution in [3.63, 3.8) is 0 Å². The molecule has 2 atom stereocenters. The van der Waals surface area contributed by atoms with Crippen LogP contribution in [0.25, 0.3) is 6.08 Å². The van der Waals surface area contributed by atoms with Gasteiger partial charge in [-0.3, -0.25) is 0 Å². The van der Waals surface area contributed by atoms with E-state index in [1.165, 1.54) is 6.07 Å². The van der Waals surface area contributed by atoms with Crippen LogP contribution < -0.4 is 4.74 Å². The van der Waals surface area contributed by atoms with E-state index in [0.717, 1.165) is 13.0 Å². The summed E-state index contributed by atoms with van der Waals surface area (Å²) < 4.78 is 64.9. The fourth-order valence-corrected chi connectivity index (χ4v) is 3.07. The van der Waals surface area contributed by atoms with Gasteiger partial charge in [0.25, 0.3) is 5.09 Å². The van der Waals surface area contributed by atoms with Gasteiger partial charge in [0.2, 0.25) is 12.4 Å². The van der Waals surface area contributed by atoms with Gasteiger partial charge >= 0.3 is 18.3 Å². The van der Waals surface area contributed by atoms with E-state index in [1.54, 1.807) is 13.8 Å². The van der Waals surface area contributed by atoms with Crippen LogP contribution in [-0.2, 0) is 28.6 Å². The Hall–Kier alpha value is -3.26. The molecule has 35 heavy (non-hydrogen) atoms. The summed E-state index contributed by atoms with van der Waals surface area (Å²) in [5, 5.41) is 9.26. The molecule has 2 rings (SSSR count). The number of aryl methyl sites for hydroxylation is 1. The average molecular weight is 528 g/mol. The Labute approximate surface area is 201 Å². The zero-order valence-electron chi connectivity index (χ0n) is 18.7. The Morgan fingerprint density at radius 1 is 1.20 bits per heavy atom. The Bertz CT molecular complexity index is 998. The maximum Gasteiger partial charge on any atom is 0.511 e. The number of alkyl halides is 3. The summed E-state index contributed by atoms with van der Waals surface area (Å²) in [5.74, 6) is -1.52. The molecule has 1 heterocycles. The first-order chi connectivity index (χ1) is 16.3. The quantitative estimate of drug-likeness (QED) is 0.145. The van der Waals surface area contributed by atoms with Crippen LogP contribution in [0, 0.1) is 24.0 Å². The number of hydrogen-bond donors (Lipinski definition) is 0. The standard InChI is InChI=1S/C20H21ClF3NO10/c1-10-8-15-13(11(2)16(10)21)9-14(17(35-15)20(22,23)24)18(26)33-12(3)34-19(27)31-6-4-30-5-7-32-25(28)29/h8-9,12,17H,4-7H2,1-3H3. The first-order valence-corrected chi connectivity index (χ1v) is 10.3. The maximum atomic E-state index is 13.6. The Balaban J connectivity index is 1.97. The van der Waals surface area contributed by atoms with Crippen molar-refractivity contribution >= 4 is 29.8 Å². The number of carbonyl (C=O) groups excluding carboxylic acids is 2. The van der Waals surface area contributed by atoms with Crippen LogP contribution in [0.2, 0.25) is 5.02 Å². The van der Waals surface area contributed by atoms with Crippen molar-refractivity contribution in [2.45, 2.75) is 39.3 Å². The highest BCUT2D eigenvalue weighted by atomic mass is 35.5. The molecule has 194 valence electrons. The molecule has 1 aliphatic heterocycles. The van der Waals surface area contributed by atoms with Crippen molar-refractivity contribution in [2.24, 2.45) is 0 Å². The smallest absolute Gasteiger partial charge is 0.475 e. The lowest BCUT2D eigenvalue weighted by molar-refractivity contribution is -0.758. The number of esters is 1. The lowest BCUT2D eigenvalue weighted by atomic mass is 9.96. The van der Waals surface area contributed by atoms with Crippen molar-refractivity contribution in [1.82, 2.24) is 0 Å². The fourth-order valence-electron chi connectivity index (χ4n) is 2.91. The second kappa shape index (κ2) is 11.9. The molecule has 0 aliphatic carbocycles. The molecule has 0 radical (unpaired) electrons. The van der Waals surface area contributed by atoms with Crippen molar-refractivity contribution < 1.29 is 56.4 Å². The lowest BCUT2D eigenvalue weighted by Gasteiger charge is -2.29. The summed E-state index contributed by atoms with van der Waals surface area (Å²) in [6.45, 7) is 3.33. The van der Waals surface area contributed by atoms with Crippen LogP contribution in [0.5, 0.6) is 5.75 Å². The van der Waals surface area contributed by atoms with E-state index < -0.39 is 41.4 Å². The first-order valence-electron chi connectivity index (χ1n) is 9.95. The molecule has 15 heteroatoms. The zero-order chi connectivity index (χ0) is 26.3. The summed E-state index contributed by atoms with van der Waals surface area (Å²) in [6, 6.07) is 1.34. The highest BCUT2D eigenvalue weighted by molar-refractivity contribution is 6.32. The van der Waals surface area contributed by atoms with Gasteiger partial charge < -0.3 is 28.5 Å². The summed E-state index contributed by atoms with van der Waals surface area (Å²) in [6.07, 6.45) is -9.48. The second-order valence-corrected chi connectivity index (χ2v) is 7.42. The topological polar surface area (TPSA) is 133 Å². The minimum atomic E-state index is -4.95. The zero-order valence-corrected chi connectivity index (χ0v) is 19.4. The average Bonchev–Trinajstić information content (AvgIpc) is 2.75. The summed E-state index contributed by atoms with van der Waals surface area (Å²) >= 11 is 6.16. The number of carbonyl (C=O) groups is 2. The van der Waals surface area contributed by atoms with E-state index in [0.29, 0.717) is 16.1 Å². The Morgan fingerprint density at radius 2 is 1.86 bits per heavy atom. The van der Waals surface area contributed by atoms with Crippen molar-refractivity contribution in [3.05, 3.63) is 43.5 Å². The molecular weight excluding hydrogens is 507 g/mol. The van der Waals surface area contributed by atoms with Crippen molar-refractivity contribution in [2.75, 3.05) is 26.4 Å². The van der Waals surface area contributed by atoms with Gasteiger partial charge in [0.05, 0.1) is 18.8 Å². The molecule has 0 aromatic heterocycles. The molecule has 1 aromatic rings. The molecule has 0 fully saturated rings. The Kier molecular flexibility index (Phi) is 9.54. The summed E-state index contributed by atoms with van der Waals surface area (Å²) in [4.78, 5) is 38.1. The third-order valence-electron chi connectivity index (χ3n) is 4.46. The van der Waals surface area contributed by atoms with Gasteiger partial charge in [-0.1, -0.05) is 11.6 Å². The first kappa shape index (κ1) is 28.0. The lowest BCUT2D eigenvalue weighted by Crippen LogP contribution is -2.41. The van der Waals surface area contributed by atoms with Crippen LogP contribution in [0.4, 0.5) is 18.0 Å². The summed E-state index contributed by atoms with van der Waals surface area (Å²) in [5.41, 5.74) is 0.235. The number of nitrogens with zero attached hydrogens (tertiary/aromatic N) is 1. The highest BCUT2D eigenvalue weighted by Gasteiger charge is 2.49. The minimum absolute atomic E-state index is 0.0942. The molecule has 0 saturated carbocycles. The molecular formula is C20H21ClF3NO10. The largest absolute Gasteiger partial charge is 0.511 e. The predicted octanol–water partition coefficient (Wildman–Crippen LogP) is 3.93.